The van der Waals surface area contributed by atoms with Crippen molar-refractivity contribution in [3.8, 4) is 16.9 Å². The van der Waals surface area contributed by atoms with E-state index in [0.717, 1.165) is 38.9 Å². The topological polar surface area (TPSA) is 69.9 Å². The second-order valence-corrected chi connectivity index (χ2v) is 11.4. The monoisotopic (exact) mass is 607 g/mol. The van der Waals surface area contributed by atoms with Gasteiger partial charge in [-0.25, -0.2) is 13.2 Å². The highest BCUT2D eigenvalue weighted by atomic mass is 19.1. The molecule has 0 saturated heterocycles. The van der Waals surface area contributed by atoms with Crippen molar-refractivity contribution in [1.29, 1.82) is 0 Å². The Morgan fingerprint density at radius 2 is 1.11 bits per heavy atom. The number of halogens is 3. The van der Waals surface area contributed by atoms with Gasteiger partial charge in [-0.15, -0.1) is 0 Å². The number of hydrogen-bond acceptors (Lipinski definition) is 4. The van der Waals surface area contributed by atoms with Crippen LogP contribution >= 0.6 is 0 Å². The third-order valence-electron chi connectivity index (χ3n) is 7.15. The largest absolute Gasteiger partial charge is 0.569 e. The van der Waals surface area contributed by atoms with Gasteiger partial charge in [0, 0.05) is 5.56 Å². The molecule has 0 saturated carbocycles. The number of hydrogen-bond donors (Lipinski definition) is 3. The van der Waals surface area contributed by atoms with Crippen molar-refractivity contribution in [3.63, 3.8) is 0 Å². The third kappa shape index (κ3) is 9.98. The quantitative estimate of drug-likeness (QED) is 0.184. The van der Waals surface area contributed by atoms with Crippen LogP contribution in [0.3, 0.4) is 0 Å². The van der Waals surface area contributed by atoms with Gasteiger partial charge in [0.15, 0.2) is 0 Å². The normalized spacial score (nSPS) is 10.6. The molecule has 0 fully saturated rings. The highest BCUT2D eigenvalue weighted by molar-refractivity contribution is 6.17. The number of aryl methyl sites for hydroxylation is 4. The maximum absolute atomic E-state index is 14.0. The van der Waals surface area contributed by atoms with Gasteiger partial charge in [0.1, 0.15) is 23.2 Å². The molecule has 0 bridgehead atoms. The minimum atomic E-state index is -0.340. The van der Waals surface area contributed by atoms with Crippen molar-refractivity contribution >= 4 is 7.69 Å². The maximum Gasteiger partial charge on any atom is 0.569 e. The molecule has 1 radical (unpaired) electrons. The number of benzene rings is 4. The van der Waals surface area contributed by atoms with E-state index in [0.29, 0.717) is 30.1 Å². The molecule has 4 rings (SSSR count). The van der Waals surface area contributed by atoms with E-state index >= 15 is 0 Å². The Hall–Kier alpha value is -3.59. The Kier molecular flexibility index (Phi) is 14.2. The SMILES string of the molecule is Cc1cc(F)c(C(C)C)cc1O[B]O.Cc1ccc(-c2cc(C(C)C)c(F)cc2C)c(CO)c1.Cc1ccc(F)c(CO)c1. The van der Waals surface area contributed by atoms with Gasteiger partial charge in [0.25, 0.3) is 0 Å². The first-order valence-corrected chi connectivity index (χ1v) is 14.5. The molecule has 4 aromatic carbocycles. The van der Waals surface area contributed by atoms with Crippen LogP contribution < -0.4 is 4.65 Å². The first-order valence-electron chi connectivity index (χ1n) is 14.5. The van der Waals surface area contributed by atoms with Crippen LogP contribution in [0, 0.1) is 45.1 Å². The summed E-state index contributed by atoms with van der Waals surface area (Å²) in [5.74, 6) is -0.0126. The molecule has 8 heteroatoms. The Labute approximate surface area is 260 Å². The summed E-state index contributed by atoms with van der Waals surface area (Å²) >= 11 is 0. The summed E-state index contributed by atoms with van der Waals surface area (Å²) in [4.78, 5) is 0. The Balaban J connectivity index is 0.000000245. The molecule has 0 aromatic heterocycles. The van der Waals surface area contributed by atoms with E-state index in [4.69, 9.17) is 14.8 Å². The molecule has 44 heavy (non-hydrogen) atoms. The fraction of sp³-hybridized carbons (Fsp3) is 0.333. The Bertz CT molecular complexity index is 1540. The number of aliphatic hydroxyl groups is 2. The lowest BCUT2D eigenvalue weighted by atomic mass is 9.90. The first kappa shape index (κ1) is 36.6. The molecule has 0 heterocycles. The average molecular weight is 608 g/mol. The van der Waals surface area contributed by atoms with Gasteiger partial charge >= 0.3 is 7.69 Å². The molecule has 0 aliphatic carbocycles. The molecular formula is C36H43BF3O4. The minimum Gasteiger partial charge on any atom is -0.537 e. The Morgan fingerprint density at radius 3 is 1.61 bits per heavy atom. The summed E-state index contributed by atoms with van der Waals surface area (Å²) in [6, 6.07) is 17.2. The van der Waals surface area contributed by atoms with Crippen molar-refractivity contribution in [1.82, 2.24) is 0 Å². The predicted octanol–water partition coefficient (Wildman–Crippen LogP) is 8.51. The van der Waals surface area contributed by atoms with Gasteiger partial charge in [-0.05, 0) is 109 Å². The van der Waals surface area contributed by atoms with Crippen LogP contribution in [0.2, 0.25) is 0 Å². The van der Waals surface area contributed by atoms with Crippen molar-refractivity contribution in [2.24, 2.45) is 0 Å². The zero-order valence-electron chi connectivity index (χ0n) is 26.8. The van der Waals surface area contributed by atoms with E-state index in [9.17, 15) is 18.3 Å². The molecule has 4 aromatic rings. The lowest BCUT2D eigenvalue weighted by Crippen LogP contribution is -2.04. The van der Waals surface area contributed by atoms with Crippen LogP contribution in [0.15, 0.2) is 60.7 Å². The first-order chi connectivity index (χ1) is 20.7. The summed E-state index contributed by atoms with van der Waals surface area (Å²) in [5.41, 5.74) is 8.17. The molecule has 0 spiro atoms. The molecule has 3 N–H and O–H groups in total. The van der Waals surface area contributed by atoms with E-state index in [1.807, 2.05) is 72.7 Å². The molecule has 0 aliphatic rings. The average Bonchev–Trinajstić information content (AvgIpc) is 2.96. The van der Waals surface area contributed by atoms with Crippen LogP contribution in [0.25, 0.3) is 11.1 Å². The van der Waals surface area contributed by atoms with E-state index in [1.165, 1.54) is 12.1 Å². The van der Waals surface area contributed by atoms with Gasteiger partial charge in [-0.2, -0.15) is 0 Å². The second kappa shape index (κ2) is 17.0. The summed E-state index contributed by atoms with van der Waals surface area (Å²) in [6.45, 7) is 15.0. The Morgan fingerprint density at radius 1 is 0.614 bits per heavy atom. The second-order valence-electron chi connectivity index (χ2n) is 11.4. The zero-order chi connectivity index (χ0) is 33.1. The van der Waals surface area contributed by atoms with Crippen LogP contribution in [0.1, 0.15) is 84.0 Å². The fourth-order valence-corrected chi connectivity index (χ4v) is 4.66. The van der Waals surface area contributed by atoms with E-state index < -0.39 is 0 Å². The van der Waals surface area contributed by atoms with Crippen molar-refractivity contribution < 1.29 is 33.1 Å². The lowest BCUT2D eigenvalue weighted by molar-refractivity contribution is 0.275. The standard InChI is InChI=1S/C18H21FO.C10H13BFO2.C8H9FO/c1-11(2)16-9-17(13(4)8-18(16)19)15-6-5-12(3)7-14(15)10-20;1-6(2)8-5-10(14-11-13)7(3)4-9(8)12;1-6-2-3-8(9)7(4-6)5-10/h5-9,11,20H,10H2,1-4H3;4-6,13H,1-3H3;2-4,10H,5H2,1H3. The van der Waals surface area contributed by atoms with Crippen molar-refractivity contribution in [2.75, 3.05) is 0 Å². The highest BCUT2D eigenvalue weighted by Gasteiger charge is 2.14. The van der Waals surface area contributed by atoms with Crippen molar-refractivity contribution in [3.05, 3.63) is 123 Å². The smallest absolute Gasteiger partial charge is 0.537 e. The molecular weight excluding hydrogens is 564 g/mol. The molecule has 0 atom stereocenters. The molecule has 0 amide bonds. The molecule has 0 unspecified atom stereocenters. The summed E-state index contributed by atoms with van der Waals surface area (Å²) in [5, 5.41) is 26.7. The zero-order valence-corrected chi connectivity index (χ0v) is 26.8. The predicted molar refractivity (Wildman–Crippen MR) is 172 cm³/mol. The highest BCUT2D eigenvalue weighted by Crippen LogP contribution is 2.32. The third-order valence-corrected chi connectivity index (χ3v) is 7.15. The molecule has 235 valence electrons. The van der Waals surface area contributed by atoms with Gasteiger partial charge in [0.2, 0.25) is 0 Å². The number of rotatable bonds is 7. The van der Waals surface area contributed by atoms with Gasteiger partial charge < -0.3 is 19.9 Å². The summed E-state index contributed by atoms with van der Waals surface area (Å²) < 4.78 is 44.8. The van der Waals surface area contributed by atoms with E-state index in [-0.39, 0.29) is 42.5 Å². The maximum atomic E-state index is 14.0. The van der Waals surface area contributed by atoms with E-state index in [2.05, 4.69) is 0 Å². The lowest BCUT2D eigenvalue weighted by Gasteiger charge is -2.15. The van der Waals surface area contributed by atoms with Crippen LogP contribution in [0.4, 0.5) is 13.2 Å². The minimum absolute atomic E-state index is 0.00909. The van der Waals surface area contributed by atoms with Crippen molar-refractivity contribution in [2.45, 2.75) is 80.4 Å². The summed E-state index contributed by atoms with van der Waals surface area (Å²) in [6.07, 6.45) is 0. The summed E-state index contributed by atoms with van der Waals surface area (Å²) in [7, 11) is 0.602. The fourth-order valence-electron chi connectivity index (χ4n) is 4.66. The van der Waals surface area contributed by atoms with Gasteiger partial charge in [-0.1, -0.05) is 69.2 Å². The van der Waals surface area contributed by atoms with Gasteiger partial charge in [-0.3, -0.25) is 0 Å². The van der Waals surface area contributed by atoms with Crippen LogP contribution in [0.5, 0.6) is 5.75 Å². The van der Waals surface area contributed by atoms with E-state index in [1.54, 1.807) is 31.2 Å². The molecule has 0 aliphatic heterocycles. The van der Waals surface area contributed by atoms with Crippen LogP contribution in [-0.4, -0.2) is 22.9 Å². The number of aliphatic hydroxyl groups excluding tert-OH is 2. The van der Waals surface area contributed by atoms with Crippen LogP contribution in [-0.2, 0) is 13.2 Å². The van der Waals surface area contributed by atoms with Gasteiger partial charge in [0.05, 0.1) is 13.2 Å². The molecule has 4 nitrogen and oxygen atoms in total.